The number of guanidine groups is 1. The third kappa shape index (κ3) is 6.02. The molecule has 0 aliphatic rings. The van der Waals surface area contributed by atoms with Crippen LogP contribution in [0.15, 0.2) is 23.2 Å². The van der Waals surface area contributed by atoms with Gasteiger partial charge in [-0.15, -0.1) is 24.0 Å². The highest BCUT2D eigenvalue weighted by Crippen LogP contribution is 2.16. The van der Waals surface area contributed by atoms with Crippen LogP contribution in [0.2, 0.25) is 0 Å². The number of nitrogens with one attached hydrogen (secondary N) is 2. The lowest BCUT2D eigenvalue weighted by Crippen LogP contribution is -2.39. The molecular weight excluding hydrogens is 375 g/mol. The lowest BCUT2D eigenvalue weighted by atomic mass is 10.1. The third-order valence-corrected chi connectivity index (χ3v) is 2.88. The second-order valence-corrected chi connectivity index (χ2v) is 4.42. The van der Waals surface area contributed by atoms with Gasteiger partial charge >= 0.3 is 0 Å². The normalized spacial score (nSPS) is 12.6. The molecule has 0 saturated carbocycles. The monoisotopic (exact) mass is 397 g/mol. The summed E-state index contributed by atoms with van der Waals surface area (Å²) in [6.07, 6.45) is 0.439. The van der Waals surface area contributed by atoms with Crippen LogP contribution in [0, 0.1) is 12.7 Å². The van der Waals surface area contributed by atoms with Crippen molar-refractivity contribution in [2.24, 2.45) is 4.99 Å². The van der Waals surface area contributed by atoms with Crippen molar-refractivity contribution in [3.05, 3.63) is 35.1 Å². The molecule has 0 bridgehead atoms. The van der Waals surface area contributed by atoms with Gasteiger partial charge in [0.25, 0.3) is 0 Å². The van der Waals surface area contributed by atoms with Gasteiger partial charge in [-0.1, -0.05) is 12.1 Å². The van der Waals surface area contributed by atoms with Crippen LogP contribution in [0.1, 0.15) is 30.5 Å². The quantitative estimate of drug-likeness (QED) is 0.346. The molecule has 1 rings (SSSR count). The van der Waals surface area contributed by atoms with Gasteiger partial charge in [-0.2, -0.15) is 0 Å². The average molecular weight is 397 g/mol. The van der Waals surface area contributed by atoms with Gasteiger partial charge in [0.15, 0.2) is 5.96 Å². The van der Waals surface area contributed by atoms with Gasteiger partial charge in [-0.3, -0.25) is 9.38 Å². The lowest BCUT2D eigenvalue weighted by molar-refractivity contribution is 0.470. The molecule has 0 saturated heterocycles. The largest absolute Gasteiger partial charge is 0.356 e. The van der Waals surface area contributed by atoms with Crippen molar-refractivity contribution < 1.29 is 8.78 Å². The fourth-order valence-electron chi connectivity index (χ4n) is 1.64. The first kappa shape index (κ1) is 19.1. The Bertz CT molecular complexity index is 438. The Hall–Kier alpha value is -0.920. The molecule has 20 heavy (non-hydrogen) atoms. The van der Waals surface area contributed by atoms with Crippen molar-refractivity contribution in [2.45, 2.75) is 26.3 Å². The molecule has 0 aliphatic heterocycles. The van der Waals surface area contributed by atoms with E-state index in [4.69, 9.17) is 0 Å². The van der Waals surface area contributed by atoms with Crippen LogP contribution in [0.25, 0.3) is 0 Å². The first-order chi connectivity index (χ1) is 9.08. The van der Waals surface area contributed by atoms with Crippen molar-refractivity contribution in [2.75, 3.05) is 20.3 Å². The van der Waals surface area contributed by atoms with Crippen LogP contribution in [0.4, 0.5) is 8.78 Å². The van der Waals surface area contributed by atoms with Crippen LogP contribution in [0.3, 0.4) is 0 Å². The van der Waals surface area contributed by atoms with E-state index in [2.05, 4.69) is 15.6 Å². The van der Waals surface area contributed by atoms with E-state index in [1.165, 1.54) is 6.07 Å². The van der Waals surface area contributed by atoms with Crippen molar-refractivity contribution in [3.63, 3.8) is 0 Å². The number of benzene rings is 1. The topological polar surface area (TPSA) is 36.4 Å². The van der Waals surface area contributed by atoms with E-state index in [9.17, 15) is 8.78 Å². The molecule has 0 heterocycles. The first-order valence-corrected chi connectivity index (χ1v) is 6.37. The van der Waals surface area contributed by atoms with Crippen LogP contribution in [-0.4, -0.2) is 26.2 Å². The van der Waals surface area contributed by atoms with Gasteiger partial charge in [-0.05, 0) is 37.5 Å². The molecule has 6 heteroatoms. The van der Waals surface area contributed by atoms with E-state index in [1.807, 2.05) is 13.0 Å². The molecule has 0 aliphatic carbocycles. The minimum absolute atomic E-state index is 0. The number of rotatable bonds is 5. The molecule has 0 fully saturated rings. The average Bonchev–Trinajstić information content (AvgIpc) is 2.40. The Morgan fingerprint density at radius 3 is 2.65 bits per heavy atom. The van der Waals surface area contributed by atoms with Crippen LogP contribution >= 0.6 is 24.0 Å². The summed E-state index contributed by atoms with van der Waals surface area (Å²) in [6, 6.07) is 5.07. The Balaban J connectivity index is 0.00000361. The minimum atomic E-state index is -0.358. The number of hydrogen-bond donors (Lipinski definition) is 2. The summed E-state index contributed by atoms with van der Waals surface area (Å²) in [4.78, 5) is 4.04. The molecule has 2 N–H and O–H groups in total. The number of alkyl halides is 1. The SMILES string of the molecule is CN=C(NCCCF)NC(C)c1ccc(C)c(F)c1.I. The smallest absolute Gasteiger partial charge is 0.191 e. The second-order valence-electron chi connectivity index (χ2n) is 4.42. The van der Waals surface area contributed by atoms with E-state index in [0.29, 0.717) is 24.5 Å². The molecular formula is C14H22F2IN3. The Morgan fingerprint density at radius 2 is 2.10 bits per heavy atom. The van der Waals surface area contributed by atoms with Gasteiger partial charge in [0, 0.05) is 13.6 Å². The van der Waals surface area contributed by atoms with Gasteiger partial charge in [0.05, 0.1) is 12.7 Å². The van der Waals surface area contributed by atoms with Crippen molar-refractivity contribution in [3.8, 4) is 0 Å². The molecule has 0 aromatic heterocycles. The van der Waals surface area contributed by atoms with E-state index >= 15 is 0 Å². The molecule has 0 spiro atoms. The standard InChI is InChI=1S/C14H21F2N3.HI/c1-10-5-6-12(9-13(10)16)11(2)19-14(17-3)18-8-4-7-15;/h5-6,9,11H,4,7-8H2,1-3H3,(H2,17,18,19);1H. The summed E-state index contributed by atoms with van der Waals surface area (Å²) < 4.78 is 25.5. The van der Waals surface area contributed by atoms with Gasteiger partial charge in [-0.25, -0.2) is 4.39 Å². The van der Waals surface area contributed by atoms with Gasteiger partial charge < -0.3 is 10.6 Å². The van der Waals surface area contributed by atoms with E-state index in [0.717, 1.165) is 5.56 Å². The van der Waals surface area contributed by atoms with E-state index < -0.39 is 0 Å². The Labute approximate surface area is 136 Å². The fourth-order valence-corrected chi connectivity index (χ4v) is 1.64. The maximum atomic E-state index is 13.5. The molecule has 1 aromatic rings. The summed E-state index contributed by atoms with van der Waals surface area (Å²) >= 11 is 0. The van der Waals surface area contributed by atoms with Gasteiger partial charge in [0.2, 0.25) is 0 Å². The molecule has 114 valence electrons. The summed E-state index contributed by atoms with van der Waals surface area (Å²) in [6.45, 7) is 3.81. The van der Waals surface area contributed by atoms with Crippen molar-refractivity contribution in [1.82, 2.24) is 10.6 Å². The van der Waals surface area contributed by atoms with Crippen LogP contribution in [-0.2, 0) is 0 Å². The highest BCUT2D eigenvalue weighted by Gasteiger charge is 2.09. The Kier molecular flexibility index (Phi) is 9.45. The zero-order valence-electron chi connectivity index (χ0n) is 12.0. The summed E-state index contributed by atoms with van der Waals surface area (Å²) in [5.74, 6) is 0.369. The highest BCUT2D eigenvalue weighted by molar-refractivity contribution is 14.0. The van der Waals surface area contributed by atoms with E-state index in [1.54, 1.807) is 20.0 Å². The Morgan fingerprint density at radius 1 is 1.40 bits per heavy atom. The lowest BCUT2D eigenvalue weighted by Gasteiger charge is -2.18. The summed E-state index contributed by atoms with van der Waals surface area (Å²) in [5.41, 5.74) is 1.47. The number of aryl methyl sites for hydroxylation is 1. The highest BCUT2D eigenvalue weighted by atomic mass is 127. The van der Waals surface area contributed by atoms with Crippen LogP contribution in [0.5, 0.6) is 0 Å². The molecule has 1 aromatic carbocycles. The van der Waals surface area contributed by atoms with Crippen LogP contribution < -0.4 is 10.6 Å². The molecule has 1 atom stereocenters. The molecule has 0 amide bonds. The summed E-state index contributed by atoms with van der Waals surface area (Å²) in [5, 5.41) is 6.14. The van der Waals surface area contributed by atoms with Crippen molar-refractivity contribution in [1.29, 1.82) is 0 Å². The molecule has 1 unspecified atom stereocenters. The maximum absolute atomic E-state index is 13.5. The predicted molar refractivity (Wildman–Crippen MR) is 90.1 cm³/mol. The zero-order valence-corrected chi connectivity index (χ0v) is 14.4. The molecule has 0 radical (unpaired) electrons. The predicted octanol–water partition coefficient (Wildman–Crippen LogP) is 3.34. The number of halogens is 3. The number of nitrogens with zero attached hydrogens (tertiary/aromatic N) is 1. The third-order valence-electron chi connectivity index (χ3n) is 2.88. The van der Waals surface area contributed by atoms with Crippen molar-refractivity contribution >= 4 is 29.9 Å². The minimum Gasteiger partial charge on any atom is -0.356 e. The first-order valence-electron chi connectivity index (χ1n) is 6.37. The number of hydrogen-bond acceptors (Lipinski definition) is 1. The fraction of sp³-hybridized carbons (Fsp3) is 0.500. The molecule has 3 nitrogen and oxygen atoms in total. The summed E-state index contributed by atoms with van der Waals surface area (Å²) in [7, 11) is 1.65. The van der Waals surface area contributed by atoms with Gasteiger partial charge in [0.1, 0.15) is 5.82 Å². The number of aliphatic imine (C=N–C) groups is 1. The zero-order chi connectivity index (χ0) is 14.3. The van der Waals surface area contributed by atoms with E-state index in [-0.39, 0.29) is 42.5 Å². The maximum Gasteiger partial charge on any atom is 0.191 e. The second kappa shape index (κ2) is 9.90.